The average molecular weight is 390 g/mol. The number of pyridine rings is 1. The summed E-state index contributed by atoms with van der Waals surface area (Å²) in [6, 6.07) is 15.0. The molecule has 1 aromatic heterocycles. The van der Waals surface area contributed by atoms with Crippen molar-refractivity contribution in [1.82, 2.24) is 4.98 Å². The largest absolute Gasteiger partial charge is 0.481 e. The van der Waals surface area contributed by atoms with Crippen molar-refractivity contribution in [1.29, 1.82) is 0 Å². The second kappa shape index (κ2) is 7.25. The van der Waals surface area contributed by atoms with Crippen molar-refractivity contribution in [2.24, 2.45) is 5.92 Å². The van der Waals surface area contributed by atoms with Gasteiger partial charge in [-0.15, -0.1) is 11.8 Å². The van der Waals surface area contributed by atoms with E-state index in [1.54, 1.807) is 0 Å². The number of aromatic nitrogens is 1. The van der Waals surface area contributed by atoms with Crippen LogP contribution in [0.25, 0.3) is 10.8 Å². The number of nitrogens with zero attached hydrogens (tertiary/aromatic N) is 1. The summed E-state index contributed by atoms with van der Waals surface area (Å²) in [5, 5.41) is 12.0. The van der Waals surface area contributed by atoms with Crippen LogP contribution < -0.4 is 0 Å². The molecular weight excluding hydrogens is 366 g/mol. The first-order valence-corrected chi connectivity index (χ1v) is 11.0. The van der Waals surface area contributed by atoms with Gasteiger partial charge in [-0.25, -0.2) is 0 Å². The Morgan fingerprint density at radius 3 is 2.71 bits per heavy atom. The lowest BCUT2D eigenvalue weighted by atomic mass is 9.82. The average Bonchev–Trinajstić information content (AvgIpc) is 3.56. The fraction of sp³-hybridized carbons (Fsp3) is 0.333. The lowest BCUT2D eigenvalue weighted by Gasteiger charge is -2.25. The molecule has 0 spiro atoms. The fourth-order valence-electron chi connectivity index (χ4n) is 4.21. The van der Waals surface area contributed by atoms with Crippen molar-refractivity contribution < 1.29 is 9.90 Å². The minimum atomic E-state index is -0.668. The molecule has 4 heteroatoms. The molecule has 1 N–H and O–H groups in total. The molecule has 1 unspecified atom stereocenters. The number of carboxylic acids is 1. The summed E-state index contributed by atoms with van der Waals surface area (Å²) in [6.07, 6.45) is 6.70. The highest BCUT2D eigenvalue weighted by Gasteiger charge is 2.29. The number of thioether (sulfide) groups is 1. The Hall–Kier alpha value is -2.33. The van der Waals surface area contributed by atoms with Crippen LogP contribution >= 0.6 is 11.8 Å². The summed E-state index contributed by atoms with van der Waals surface area (Å²) in [7, 11) is 0. The number of aryl methyl sites for hydroxylation is 1. The van der Waals surface area contributed by atoms with Crippen LogP contribution in [0.1, 0.15) is 47.6 Å². The zero-order valence-electron chi connectivity index (χ0n) is 15.7. The maximum Gasteiger partial charge on any atom is 0.306 e. The zero-order chi connectivity index (χ0) is 19.1. The number of carboxylic acid groups (broad SMARTS) is 1. The monoisotopic (exact) mass is 389 g/mol. The lowest BCUT2D eigenvalue weighted by molar-refractivity contribution is -0.142. The van der Waals surface area contributed by atoms with Gasteiger partial charge in [-0.05, 0) is 66.3 Å². The van der Waals surface area contributed by atoms with Gasteiger partial charge in [0.05, 0.1) is 5.92 Å². The number of hydrogen-bond donors (Lipinski definition) is 1. The molecule has 0 aliphatic heterocycles. The van der Waals surface area contributed by atoms with Gasteiger partial charge in [0.2, 0.25) is 0 Å². The van der Waals surface area contributed by atoms with E-state index in [2.05, 4.69) is 36.4 Å². The molecule has 142 valence electrons. The number of benzene rings is 2. The smallest absolute Gasteiger partial charge is 0.306 e. The second-order valence-corrected chi connectivity index (χ2v) is 8.99. The van der Waals surface area contributed by atoms with Crippen molar-refractivity contribution in [3.63, 3.8) is 0 Å². The van der Waals surface area contributed by atoms with Crippen LogP contribution in [0.2, 0.25) is 0 Å². The van der Waals surface area contributed by atoms with Crippen molar-refractivity contribution >= 4 is 28.5 Å². The Labute approximate surface area is 169 Å². The van der Waals surface area contributed by atoms with Crippen LogP contribution in [0.3, 0.4) is 0 Å². The number of carbonyl (C=O) groups is 1. The van der Waals surface area contributed by atoms with E-state index < -0.39 is 5.97 Å². The molecule has 0 bridgehead atoms. The molecule has 1 atom stereocenters. The number of hydrogen-bond acceptors (Lipinski definition) is 3. The van der Waals surface area contributed by atoms with Crippen molar-refractivity contribution in [3.05, 3.63) is 71.0 Å². The molecule has 3 aromatic rings. The van der Waals surface area contributed by atoms with Gasteiger partial charge >= 0.3 is 5.97 Å². The molecule has 0 radical (unpaired) electrons. The summed E-state index contributed by atoms with van der Waals surface area (Å²) >= 11 is 1.85. The molecule has 2 aliphatic rings. The van der Waals surface area contributed by atoms with E-state index in [9.17, 15) is 9.90 Å². The Morgan fingerprint density at radius 1 is 1.14 bits per heavy atom. The second-order valence-electron chi connectivity index (χ2n) is 8.00. The van der Waals surface area contributed by atoms with E-state index in [-0.39, 0.29) is 5.92 Å². The molecule has 1 saturated carbocycles. The van der Waals surface area contributed by atoms with Crippen molar-refractivity contribution in [3.8, 4) is 0 Å². The summed E-state index contributed by atoms with van der Waals surface area (Å²) in [5.74, 6) is 0.564. The normalized spacial score (nSPS) is 18.8. The number of fused-ring (bicyclic) bond motifs is 2. The summed E-state index contributed by atoms with van der Waals surface area (Å²) in [6.45, 7) is 0. The molecule has 1 heterocycles. The molecule has 2 aliphatic carbocycles. The Bertz CT molecular complexity index is 1040. The topological polar surface area (TPSA) is 50.2 Å². The summed E-state index contributed by atoms with van der Waals surface area (Å²) in [4.78, 5) is 17.6. The fourth-order valence-corrected chi connectivity index (χ4v) is 5.43. The first-order valence-electron chi connectivity index (χ1n) is 10.0. The predicted molar refractivity (Wildman–Crippen MR) is 113 cm³/mol. The van der Waals surface area contributed by atoms with E-state index in [4.69, 9.17) is 4.98 Å². The van der Waals surface area contributed by atoms with Gasteiger partial charge in [-0.2, -0.15) is 0 Å². The van der Waals surface area contributed by atoms with Crippen molar-refractivity contribution in [2.75, 3.05) is 0 Å². The quantitative estimate of drug-likeness (QED) is 0.578. The van der Waals surface area contributed by atoms with Crippen molar-refractivity contribution in [2.45, 2.75) is 48.7 Å². The van der Waals surface area contributed by atoms with Gasteiger partial charge in [-0.3, -0.25) is 9.78 Å². The minimum Gasteiger partial charge on any atom is -0.481 e. The van der Waals surface area contributed by atoms with Gasteiger partial charge in [0.15, 0.2) is 0 Å². The summed E-state index contributed by atoms with van der Waals surface area (Å²) in [5.41, 5.74) is 5.04. The Balaban J connectivity index is 1.60. The third-order valence-electron chi connectivity index (χ3n) is 5.98. The maximum atomic E-state index is 11.7. The van der Waals surface area contributed by atoms with Gasteiger partial charge in [0.1, 0.15) is 0 Å². The highest BCUT2D eigenvalue weighted by molar-refractivity contribution is 7.98. The predicted octanol–water partition coefficient (Wildman–Crippen LogP) is 5.59. The SMILES string of the molecule is O=C(O)C1CCc2cc3cnc(C4CC4)cc3c(SCc3ccccc3)c2C1. The zero-order valence-corrected chi connectivity index (χ0v) is 16.5. The van der Waals surface area contributed by atoms with Crippen LogP contribution in [0.15, 0.2) is 53.6 Å². The van der Waals surface area contributed by atoms with Crippen LogP contribution in [0.5, 0.6) is 0 Å². The highest BCUT2D eigenvalue weighted by atomic mass is 32.2. The van der Waals surface area contributed by atoms with E-state index in [1.165, 1.54) is 50.9 Å². The lowest BCUT2D eigenvalue weighted by Crippen LogP contribution is -2.22. The molecule has 0 saturated heterocycles. The molecule has 5 rings (SSSR count). The molecule has 2 aromatic carbocycles. The molecule has 3 nitrogen and oxygen atoms in total. The van der Waals surface area contributed by atoms with E-state index in [0.717, 1.165) is 18.6 Å². The number of rotatable bonds is 5. The van der Waals surface area contributed by atoms with E-state index in [0.29, 0.717) is 12.3 Å². The van der Waals surface area contributed by atoms with E-state index >= 15 is 0 Å². The van der Waals surface area contributed by atoms with Gasteiger partial charge in [0, 0.05) is 33.8 Å². The number of aliphatic carboxylic acids is 1. The standard InChI is InChI=1S/C24H23NO2S/c26-24(27)18-9-8-17-10-19-13-25-22(16-6-7-16)12-21(19)23(20(17)11-18)28-14-15-4-2-1-3-5-15/h1-5,10,12-13,16,18H,6-9,11,14H2,(H,26,27). The highest BCUT2D eigenvalue weighted by Crippen LogP contribution is 2.43. The minimum absolute atomic E-state index is 0.272. The maximum absolute atomic E-state index is 11.7. The third-order valence-corrected chi connectivity index (χ3v) is 7.21. The molecule has 28 heavy (non-hydrogen) atoms. The Kier molecular flexibility index (Phi) is 4.59. The Morgan fingerprint density at radius 2 is 1.96 bits per heavy atom. The van der Waals surface area contributed by atoms with Gasteiger partial charge in [-0.1, -0.05) is 30.3 Å². The van der Waals surface area contributed by atoms with Crippen LogP contribution in [0.4, 0.5) is 0 Å². The van der Waals surface area contributed by atoms with Crippen LogP contribution in [-0.4, -0.2) is 16.1 Å². The molecular formula is C24H23NO2S. The van der Waals surface area contributed by atoms with Crippen LogP contribution in [-0.2, 0) is 23.4 Å². The first kappa shape index (κ1) is 17.7. The summed E-state index contributed by atoms with van der Waals surface area (Å²) < 4.78 is 0. The molecule has 1 fully saturated rings. The van der Waals surface area contributed by atoms with Gasteiger partial charge < -0.3 is 5.11 Å². The third kappa shape index (κ3) is 3.42. The van der Waals surface area contributed by atoms with Gasteiger partial charge in [0.25, 0.3) is 0 Å². The first-order chi connectivity index (χ1) is 13.7. The van der Waals surface area contributed by atoms with Crippen LogP contribution in [0, 0.1) is 5.92 Å². The van der Waals surface area contributed by atoms with E-state index in [1.807, 2.05) is 24.0 Å². The molecule has 0 amide bonds.